The molecule has 0 bridgehead atoms. The number of fused-ring (bicyclic) bond motifs is 3. The average molecular weight is 595 g/mol. The molecule has 5 aromatic heterocycles. The number of likely N-dealkylation sites (N-methyl/N-ethyl adjacent to an activating group) is 1. The van der Waals surface area contributed by atoms with E-state index in [1.54, 1.807) is 44.1 Å². The summed E-state index contributed by atoms with van der Waals surface area (Å²) < 4.78 is 9.87. The van der Waals surface area contributed by atoms with Gasteiger partial charge < -0.3 is 24.6 Å². The Hall–Kier alpha value is -4.81. The molecule has 1 saturated heterocycles. The standard InChI is InChI=1S/C32H34N8O4/c1-32(2)11-19-10-26-31(43)40(35-18-39(26)27(19)12-32)29-24(15-41)23(7-8-33-29)20-9-25(30(42)37(3)14-20)36-28-6-5-21(13-34-28)38(4)22-16-44-17-22/h5-10,13-14,18,22,41H,11-12,15-17H2,1-4H3,(H,34,36). The molecule has 1 aliphatic carbocycles. The topological polar surface area (TPSA) is 132 Å². The number of pyridine rings is 3. The van der Waals surface area contributed by atoms with Crippen molar-refractivity contribution in [2.45, 2.75) is 39.3 Å². The fourth-order valence-corrected chi connectivity index (χ4v) is 6.22. The van der Waals surface area contributed by atoms with Crippen LogP contribution < -0.4 is 21.3 Å². The van der Waals surface area contributed by atoms with Crippen LogP contribution in [0, 0.1) is 5.41 Å². The highest BCUT2D eigenvalue weighted by Gasteiger charge is 2.32. The molecule has 0 saturated carbocycles. The minimum atomic E-state index is -0.391. The lowest BCUT2D eigenvalue weighted by atomic mass is 9.90. The Bertz CT molecular complexity index is 2020. The smallest absolute Gasteiger partial charge is 0.297 e. The van der Waals surface area contributed by atoms with E-state index in [2.05, 4.69) is 39.1 Å². The van der Waals surface area contributed by atoms with Crippen molar-refractivity contribution in [2.75, 3.05) is 30.5 Å². The van der Waals surface area contributed by atoms with E-state index in [1.165, 1.54) is 9.25 Å². The van der Waals surface area contributed by atoms with Gasteiger partial charge in [0.1, 0.15) is 23.3 Å². The Morgan fingerprint density at radius 2 is 1.93 bits per heavy atom. The summed E-state index contributed by atoms with van der Waals surface area (Å²) in [6.45, 7) is 5.43. The number of anilines is 3. The van der Waals surface area contributed by atoms with Gasteiger partial charge in [-0.1, -0.05) is 13.8 Å². The zero-order chi connectivity index (χ0) is 30.7. The lowest BCUT2D eigenvalue weighted by molar-refractivity contribution is 0.0101. The lowest BCUT2D eigenvalue weighted by Crippen LogP contribution is -2.47. The van der Waals surface area contributed by atoms with Gasteiger partial charge in [-0.05, 0) is 59.7 Å². The van der Waals surface area contributed by atoms with E-state index in [9.17, 15) is 14.7 Å². The molecule has 5 aromatic rings. The summed E-state index contributed by atoms with van der Waals surface area (Å²) in [6, 6.07) is 9.51. The largest absolute Gasteiger partial charge is 0.392 e. The molecule has 0 atom stereocenters. The second-order valence-electron chi connectivity index (χ2n) is 12.4. The maximum absolute atomic E-state index is 13.7. The van der Waals surface area contributed by atoms with Crippen molar-refractivity contribution >= 4 is 22.7 Å². The summed E-state index contributed by atoms with van der Waals surface area (Å²) in [5, 5.41) is 18.2. The summed E-state index contributed by atoms with van der Waals surface area (Å²) in [7, 11) is 3.67. The number of hydrogen-bond donors (Lipinski definition) is 2. The minimum Gasteiger partial charge on any atom is -0.392 e. The molecule has 1 aliphatic heterocycles. The molecule has 7 rings (SSSR count). The summed E-state index contributed by atoms with van der Waals surface area (Å²) in [5.74, 6) is 0.756. The van der Waals surface area contributed by atoms with Crippen molar-refractivity contribution in [3.63, 3.8) is 0 Å². The van der Waals surface area contributed by atoms with Gasteiger partial charge in [0.2, 0.25) is 0 Å². The van der Waals surface area contributed by atoms with Gasteiger partial charge in [0.15, 0.2) is 5.82 Å². The van der Waals surface area contributed by atoms with Gasteiger partial charge in [-0.15, -0.1) is 0 Å². The average Bonchev–Trinajstić information content (AvgIpc) is 3.46. The van der Waals surface area contributed by atoms with Crippen molar-refractivity contribution in [1.82, 2.24) is 28.7 Å². The molecule has 226 valence electrons. The zero-order valence-corrected chi connectivity index (χ0v) is 25.1. The van der Waals surface area contributed by atoms with E-state index < -0.39 is 6.61 Å². The van der Waals surface area contributed by atoms with Gasteiger partial charge in [0.05, 0.1) is 37.7 Å². The molecule has 0 spiro atoms. The van der Waals surface area contributed by atoms with Crippen LogP contribution in [-0.2, 0) is 31.2 Å². The first-order valence-electron chi connectivity index (χ1n) is 14.6. The molecular formula is C32H34N8O4. The highest BCUT2D eigenvalue weighted by Crippen LogP contribution is 2.37. The van der Waals surface area contributed by atoms with Crippen molar-refractivity contribution in [2.24, 2.45) is 12.5 Å². The highest BCUT2D eigenvalue weighted by atomic mass is 16.5. The fraction of sp³-hybridized carbons (Fsp3) is 0.344. The van der Waals surface area contributed by atoms with Crippen molar-refractivity contribution in [3.05, 3.63) is 92.8 Å². The zero-order valence-electron chi connectivity index (χ0n) is 25.1. The monoisotopic (exact) mass is 594 g/mol. The van der Waals surface area contributed by atoms with Crippen LogP contribution in [0.3, 0.4) is 0 Å². The summed E-state index contributed by atoms with van der Waals surface area (Å²) >= 11 is 0. The normalized spacial score (nSPS) is 15.8. The van der Waals surface area contributed by atoms with Crippen molar-refractivity contribution in [1.29, 1.82) is 0 Å². The van der Waals surface area contributed by atoms with E-state index in [0.29, 0.717) is 53.0 Å². The van der Waals surface area contributed by atoms with Crippen LogP contribution in [0.1, 0.15) is 30.7 Å². The van der Waals surface area contributed by atoms with Gasteiger partial charge in [-0.2, -0.15) is 9.78 Å². The second kappa shape index (κ2) is 10.4. The number of aliphatic hydroxyl groups excluding tert-OH is 1. The van der Waals surface area contributed by atoms with E-state index in [0.717, 1.165) is 29.8 Å². The van der Waals surface area contributed by atoms with Gasteiger partial charge in [-0.25, -0.2) is 9.97 Å². The first-order valence-corrected chi connectivity index (χ1v) is 14.6. The Morgan fingerprint density at radius 3 is 2.64 bits per heavy atom. The molecule has 1 fully saturated rings. The van der Waals surface area contributed by atoms with Crippen LogP contribution in [0.5, 0.6) is 0 Å². The third-order valence-electron chi connectivity index (χ3n) is 8.71. The first-order chi connectivity index (χ1) is 21.1. The molecule has 2 N–H and O–H groups in total. The number of nitrogens with zero attached hydrogens (tertiary/aromatic N) is 7. The fourth-order valence-electron chi connectivity index (χ4n) is 6.22. The Morgan fingerprint density at radius 1 is 1.11 bits per heavy atom. The summed E-state index contributed by atoms with van der Waals surface area (Å²) in [5.41, 5.74) is 5.35. The highest BCUT2D eigenvalue weighted by molar-refractivity contribution is 5.73. The number of aromatic nitrogens is 6. The molecular weight excluding hydrogens is 560 g/mol. The number of hydrogen-bond acceptors (Lipinski definition) is 9. The van der Waals surface area contributed by atoms with Crippen LogP contribution in [-0.4, -0.2) is 60.1 Å². The molecule has 0 radical (unpaired) electrons. The van der Waals surface area contributed by atoms with Crippen LogP contribution >= 0.6 is 0 Å². The second-order valence-corrected chi connectivity index (χ2v) is 12.4. The predicted octanol–water partition coefficient (Wildman–Crippen LogP) is 2.84. The SMILES string of the molecule is CN(c1ccc(Nc2cc(-c3ccnc(-n4ncn5c6c(cc5c4=O)CC(C)(C)C6)c3CO)cn(C)c2=O)nc1)C1COC1. The number of aryl methyl sites for hydroxylation is 1. The predicted molar refractivity (Wildman–Crippen MR) is 167 cm³/mol. The van der Waals surface area contributed by atoms with E-state index in [1.807, 2.05) is 29.6 Å². The van der Waals surface area contributed by atoms with Crippen LogP contribution in [0.25, 0.3) is 22.5 Å². The van der Waals surface area contributed by atoms with Crippen molar-refractivity contribution in [3.8, 4) is 16.9 Å². The molecule has 0 amide bonds. The van der Waals surface area contributed by atoms with Gasteiger partial charge >= 0.3 is 0 Å². The summed E-state index contributed by atoms with van der Waals surface area (Å²) in [6.07, 6.45) is 8.44. The summed E-state index contributed by atoms with van der Waals surface area (Å²) in [4.78, 5) is 37.9. The van der Waals surface area contributed by atoms with E-state index in [4.69, 9.17) is 4.74 Å². The molecule has 12 heteroatoms. The van der Waals surface area contributed by atoms with E-state index in [-0.39, 0.29) is 22.4 Å². The van der Waals surface area contributed by atoms with Gasteiger partial charge in [0, 0.05) is 43.3 Å². The van der Waals surface area contributed by atoms with Gasteiger partial charge in [-0.3, -0.25) is 14.0 Å². The molecule has 6 heterocycles. The third-order valence-corrected chi connectivity index (χ3v) is 8.71. The van der Waals surface area contributed by atoms with Crippen LogP contribution in [0.2, 0.25) is 0 Å². The van der Waals surface area contributed by atoms with Gasteiger partial charge in [0.25, 0.3) is 11.1 Å². The maximum atomic E-state index is 13.7. The molecule has 0 aromatic carbocycles. The van der Waals surface area contributed by atoms with E-state index >= 15 is 0 Å². The first kappa shape index (κ1) is 28.0. The molecule has 44 heavy (non-hydrogen) atoms. The van der Waals surface area contributed by atoms with Crippen LogP contribution in [0.15, 0.2) is 64.8 Å². The lowest BCUT2D eigenvalue weighted by Gasteiger charge is -2.35. The Labute approximate surface area is 253 Å². The maximum Gasteiger partial charge on any atom is 0.297 e. The molecule has 2 aliphatic rings. The molecule has 12 nitrogen and oxygen atoms in total. The number of rotatable bonds is 7. The van der Waals surface area contributed by atoms with Crippen molar-refractivity contribution < 1.29 is 9.84 Å². The quantitative estimate of drug-likeness (QED) is 0.292. The Kier molecular flexibility index (Phi) is 6.63. The molecule has 0 unspecified atom stereocenters. The Balaban J connectivity index is 1.24. The number of nitrogens with one attached hydrogen (secondary N) is 1. The number of aliphatic hydroxyl groups is 1. The number of ether oxygens (including phenoxy) is 1. The minimum absolute atomic E-state index is 0.145. The van der Waals surface area contributed by atoms with Crippen LogP contribution in [0.4, 0.5) is 17.2 Å². The third kappa shape index (κ3) is 4.66.